The van der Waals surface area contributed by atoms with Crippen molar-refractivity contribution in [3.05, 3.63) is 84.0 Å². The summed E-state index contributed by atoms with van der Waals surface area (Å²) in [5, 5.41) is 6.81. The minimum Gasteiger partial charge on any atom is -0.371 e. The number of benzene rings is 1. The van der Waals surface area contributed by atoms with E-state index in [4.69, 9.17) is 0 Å². The highest BCUT2D eigenvalue weighted by molar-refractivity contribution is 5.40. The predicted octanol–water partition coefficient (Wildman–Crippen LogP) is 5.35. The Morgan fingerprint density at radius 1 is 1.03 bits per heavy atom. The third-order valence-corrected chi connectivity index (χ3v) is 6.76. The monoisotopic (exact) mass is 507 g/mol. The van der Waals surface area contributed by atoms with Crippen LogP contribution in [0, 0.1) is 11.6 Å². The van der Waals surface area contributed by atoms with Crippen molar-refractivity contribution in [2.45, 2.75) is 43.9 Å². The van der Waals surface area contributed by atoms with Crippen molar-refractivity contribution >= 4 is 5.82 Å². The van der Waals surface area contributed by atoms with Crippen LogP contribution in [-0.4, -0.2) is 42.1 Å². The van der Waals surface area contributed by atoms with E-state index in [0.717, 1.165) is 49.7 Å². The number of hydrogen-bond acceptors (Lipinski definition) is 5. The fourth-order valence-corrected chi connectivity index (χ4v) is 4.81. The van der Waals surface area contributed by atoms with E-state index in [1.165, 1.54) is 12.1 Å². The lowest BCUT2D eigenvalue weighted by Gasteiger charge is -2.34. The number of anilines is 1. The molecule has 36 heavy (non-hydrogen) atoms. The minimum absolute atomic E-state index is 0.149. The van der Waals surface area contributed by atoms with Crippen LogP contribution in [0.5, 0.6) is 0 Å². The molecular formula is C26H30F5N5. The van der Waals surface area contributed by atoms with E-state index in [-0.39, 0.29) is 6.04 Å². The SMILES string of the molecule is C=C1CC[C@H](c2ccc(F)c(F)c2)N1C(=C)NCCNC1CCN(c2ccc(C(F)(F)F)cn2)CC1. The second-order valence-corrected chi connectivity index (χ2v) is 9.16. The largest absolute Gasteiger partial charge is 0.417 e. The van der Waals surface area contributed by atoms with Gasteiger partial charge >= 0.3 is 6.18 Å². The van der Waals surface area contributed by atoms with Crippen molar-refractivity contribution in [2.75, 3.05) is 31.1 Å². The summed E-state index contributed by atoms with van der Waals surface area (Å²) in [5.41, 5.74) is 0.813. The molecule has 2 N–H and O–H groups in total. The standard InChI is InChI=1S/C26H30F5N5/c1-17-3-7-24(19-4-6-22(27)23(28)15-19)36(17)18(2)32-11-12-33-21-9-13-35(14-10-21)25-8-5-20(16-34-25)26(29,30)31/h4-6,8,15-16,21,24,32-33H,1-3,7,9-14H2/t24-/m1/s1. The number of piperidine rings is 1. The van der Waals surface area contributed by atoms with Crippen molar-refractivity contribution in [2.24, 2.45) is 0 Å². The molecule has 2 aliphatic rings. The zero-order valence-corrected chi connectivity index (χ0v) is 19.9. The molecule has 194 valence electrons. The van der Waals surface area contributed by atoms with Gasteiger partial charge in [-0.2, -0.15) is 13.2 Å². The molecular weight excluding hydrogens is 477 g/mol. The second kappa shape index (κ2) is 10.9. The number of nitrogens with zero attached hydrogens (tertiary/aromatic N) is 3. The van der Waals surface area contributed by atoms with Gasteiger partial charge in [-0.25, -0.2) is 13.8 Å². The molecule has 0 saturated carbocycles. The lowest BCUT2D eigenvalue weighted by Crippen LogP contribution is -2.44. The van der Waals surface area contributed by atoms with Crippen LogP contribution in [0.15, 0.2) is 61.2 Å². The Kier molecular flexibility index (Phi) is 7.82. The first-order chi connectivity index (χ1) is 17.1. The van der Waals surface area contributed by atoms with Crippen LogP contribution in [0.2, 0.25) is 0 Å². The van der Waals surface area contributed by atoms with Crippen LogP contribution in [0.25, 0.3) is 0 Å². The van der Waals surface area contributed by atoms with Crippen molar-refractivity contribution < 1.29 is 22.0 Å². The van der Waals surface area contributed by atoms with E-state index in [2.05, 4.69) is 28.8 Å². The lowest BCUT2D eigenvalue weighted by molar-refractivity contribution is -0.137. The number of rotatable bonds is 8. The first-order valence-electron chi connectivity index (χ1n) is 12.0. The average Bonchev–Trinajstić information content (AvgIpc) is 3.25. The quantitative estimate of drug-likeness (QED) is 0.373. The van der Waals surface area contributed by atoms with Crippen molar-refractivity contribution in [3.63, 3.8) is 0 Å². The zero-order chi connectivity index (χ0) is 25.9. The van der Waals surface area contributed by atoms with E-state index in [1.54, 1.807) is 6.07 Å². The molecule has 10 heteroatoms. The van der Waals surface area contributed by atoms with Gasteiger partial charge in [0, 0.05) is 44.1 Å². The molecule has 2 aromatic rings. The topological polar surface area (TPSA) is 43.4 Å². The van der Waals surface area contributed by atoms with Crippen molar-refractivity contribution in [1.29, 1.82) is 0 Å². The van der Waals surface area contributed by atoms with E-state index >= 15 is 0 Å². The van der Waals surface area contributed by atoms with Crippen molar-refractivity contribution in [1.82, 2.24) is 20.5 Å². The van der Waals surface area contributed by atoms with Gasteiger partial charge in [0.1, 0.15) is 5.82 Å². The summed E-state index contributed by atoms with van der Waals surface area (Å²) < 4.78 is 65.3. The summed E-state index contributed by atoms with van der Waals surface area (Å²) in [6.07, 6.45) is -0.312. The summed E-state index contributed by atoms with van der Waals surface area (Å²) in [6.45, 7) is 11.0. The fourth-order valence-electron chi connectivity index (χ4n) is 4.81. The first-order valence-corrected chi connectivity index (χ1v) is 12.0. The Hall–Kier alpha value is -3.14. The number of aromatic nitrogens is 1. The maximum Gasteiger partial charge on any atom is 0.417 e. The van der Waals surface area contributed by atoms with Crippen LogP contribution in [0.4, 0.5) is 27.8 Å². The summed E-state index contributed by atoms with van der Waals surface area (Å²) in [4.78, 5) is 7.93. The molecule has 1 atom stereocenters. The summed E-state index contributed by atoms with van der Waals surface area (Å²) in [7, 11) is 0. The fraction of sp³-hybridized carbons (Fsp3) is 0.423. The number of nitrogens with one attached hydrogen (secondary N) is 2. The molecule has 4 rings (SSSR count). The number of alkyl halides is 3. The summed E-state index contributed by atoms with van der Waals surface area (Å²) in [6, 6.07) is 6.60. The molecule has 0 bridgehead atoms. The van der Waals surface area contributed by atoms with Gasteiger partial charge in [-0.1, -0.05) is 19.2 Å². The van der Waals surface area contributed by atoms with Gasteiger partial charge in [0.25, 0.3) is 0 Å². The van der Waals surface area contributed by atoms with Crippen LogP contribution in [0.1, 0.15) is 42.9 Å². The van der Waals surface area contributed by atoms with Crippen LogP contribution < -0.4 is 15.5 Å². The highest BCUT2D eigenvalue weighted by Crippen LogP contribution is 2.39. The highest BCUT2D eigenvalue weighted by Gasteiger charge is 2.32. The molecule has 3 heterocycles. The molecule has 1 aromatic heterocycles. The molecule has 2 fully saturated rings. The van der Waals surface area contributed by atoms with Gasteiger partial charge < -0.3 is 20.4 Å². The van der Waals surface area contributed by atoms with E-state index in [0.29, 0.717) is 49.4 Å². The van der Waals surface area contributed by atoms with Crippen LogP contribution >= 0.6 is 0 Å². The smallest absolute Gasteiger partial charge is 0.371 e. The number of hydrogen-bond donors (Lipinski definition) is 2. The van der Waals surface area contributed by atoms with Crippen LogP contribution in [0.3, 0.4) is 0 Å². The zero-order valence-electron chi connectivity index (χ0n) is 19.9. The second-order valence-electron chi connectivity index (χ2n) is 9.16. The third-order valence-electron chi connectivity index (χ3n) is 6.76. The third kappa shape index (κ3) is 5.98. The first kappa shape index (κ1) is 25.9. The summed E-state index contributed by atoms with van der Waals surface area (Å²) >= 11 is 0. The van der Waals surface area contributed by atoms with Crippen molar-refractivity contribution in [3.8, 4) is 0 Å². The lowest BCUT2D eigenvalue weighted by atomic mass is 10.0. The van der Waals surface area contributed by atoms with E-state index in [9.17, 15) is 22.0 Å². The van der Waals surface area contributed by atoms with Crippen LogP contribution in [-0.2, 0) is 6.18 Å². The Bertz CT molecular complexity index is 1080. The maximum absolute atomic E-state index is 13.8. The number of likely N-dealkylation sites (tertiary alicyclic amines) is 1. The Labute approximate surface area is 207 Å². The molecule has 0 unspecified atom stereocenters. The molecule has 1 aromatic carbocycles. The maximum atomic E-state index is 13.8. The Balaban J connectivity index is 1.21. The number of pyridine rings is 1. The average molecular weight is 508 g/mol. The van der Waals surface area contributed by atoms with Gasteiger partial charge in [0.15, 0.2) is 11.6 Å². The van der Waals surface area contributed by atoms with Gasteiger partial charge in [-0.05, 0) is 55.5 Å². The molecule has 0 amide bonds. The van der Waals surface area contributed by atoms with E-state index < -0.39 is 23.4 Å². The molecule has 0 aliphatic carbocycles. The van der Waals surface area contributed by atoms with Gasteiger partial charge in [0.05, 0.1) is 17.4 Å². The summed E-state index contributed by atoms with van der Waals surface area (Å²) in [5.74, 6) is -0.516. The van der Waals surface area contributed by atoms with E-state index in [1.807, 2.05) is 9.80 Å². The molecule has 5 nitrogen and oxygen atoms in total. The van der Waals surface area contributed by atoms with Gasteiger partial charge in [-0.15, -0.1) is 0 Å². The predicted molar refractivity (Wildman–Crippen MR) is 129 cm³/mol. The number of allylic oxidation sites excluding steroid dienone is 1. The molecule has 0 radical (unpaired) electrons. The molecule has 2 saturated heterocycles. The Morgan fingerprint density at radius 3 is 2.42 bits per heavy atom. The normalized spacial score (nSPS) is 19.1. The Morgan fingerprint density at radius 2 is 1.78 bits per heavy atom. The molecule has 0 spiro atoms. The minimum atomic E-state index is -4.39. The highest BCUT2D eigenvalue weighted by atomic mass is 19.4. The van der Waals surface area contributed by atoms with Gasteiger partial charge in [-0.3, -0.25) is 0 Å². The van der Waals surface area contributed by atoms with Gasteiger partial charge in [0.2, 0.25) is 0 Å². The number of halogens is 5. The molecule has 2 aliphatic heterocycles.